The molecule has 188 valence electrons. The Labute approximate surface area is 197 Å². The maximum Gasteiger partial charge on any atom is 0.430 e. The topological polar surface area (TPSA) is 65.9 Å². The molecule has 0 radical (unpaired) electrons. The fraction of sp³-hybridized carbons (Fsp3) is 0.391. The molecule has 1 atom stereocenters. The standard InChI is InChI=1S/C23H21F6N3O3/c1-2-6-18-14-31(20(33)35-15-16-7-4-3-5-8-16)11-12-32(18)19-10-9-17(13-30-19)21(34,22(24,25)26)23(27,28)29/h3-5,7-10,13,18,34H,11-12,14-15H2,1H3/t18-/m0/s1. The first-order chi connectivity index (χ1) is 16.4. The summed E-state index contributed by atoms with van der Waals surface area (Å²) in [6.07, 6.45) is -12.2. The van der Waals surface area contributed by atoms with Crippen molar-refractivity contribution >= 4 is 11.9 Å². The van der Waals surface area contributed by atoms with Crippen LogP contribution in [-0.4, -0.2) is 59.1 Å². The van der Waals surface area contributed by atoms with Gasteiger partial charge in [-0.15, -0.1) is 5.92 Å². The Morgan fingerprint density at radius 1 is 1.09 bits per heavy atom. The lowest BCUT2D eigenvalue weighted by Crippen LogP contribution is -2.55. The fourth-order valence-electron chi connectivity index (χ4n) is 3.58. The number of benzene rings is 1. The Bertz CT molecular complexity index is 1060. The van der Waals surface area contributed by atoms with Crippen molar-refractivity contribution in [2.75, 3.05) is 24.5 Å². The van der Waals surface area contributed by atoms with E-state index in [1.54, 1.807) is 36.1 Å². The van der Waals surface area contributed by atoms with E-state index in [0.717, 1.165) is 11.6 Å². The molecule has 1 aliphatic rings. The van der Waals surface area contributed by atoms with E-state index >= 15 is 0 Å². The number of ether oxygens (including phenoxy) is 1. The fourth-order valence-corrected chi connectivity index (χ4v) is 3.58. The van der Waals surface area contributed by atoms with E-state index in [1.165, 1.54) is 4.90 Å². The first-order valence-electron chi connectivity index (χ1n) is 10.4. The second-order valence-electron chi connectivity index (χ2n) is 7.70. The van der Waals surface area contributed by atoms with Crippen LogP contribution in [-0.2, 0) is 16.9 Å². The van der Waals surface area contributed by atoms with Crippen molar-refractivity contribution in [3.63, 3.8) is 0 Å². The molecule has 12 heteroatoms. The van der Waals surface area contributed by atoms with Crippen LogP contribution >= 0.6 is 0 Å². The van der Waals surface area contributed by atoms with Crippen molar-refractivity contribution in [1.29, 1.82) is 0 Å². The zero-order valence-corrected chi connectivity index (χ0v) is 18.4. The van der Waals surface area contributed by atoms with Gasteiger partial charge in [0.15, 0.2) is 0 Å². The zero-order chi connectivity index (χ0) is 25.9. The molecule has 1 aromatic heterocycles. The van der Waals surface area contributed by atoms with Gasteiger partial charge in [0.2, 0.25) is 0 Å². The Kier molecular flexibility index (Phi) is 7.50. The number of piperazine rings is 1. The highest BCUT2D eigenvalue weighted by molar-refractivity contribution is 5.68. The van der Waals surface area contributed by atoms with E-state index in [2.05, 4.69) is 16.8 Å². The van der Waals surface area contributed by atoms with Gasteiger partial charge in [0, 0.05) is 24.8 Å². The van der Waals surface area contributed by atoms with E-state index in [0.29, 0.717) is 12.3 Å². The molecule has 1 aliphatic heterocycles. The summed E-state index contributed by atoms with van der Waals surface area (Å²) >= 11 is 0. The van der Waals surface area contributed by atoms with Crippen LogP contribution in [0.15, 0.2) is 48.7 Å². The predicted octanol–water partition coefficient (Wildman–Crippen LogP) is 4.24. The lowest BCUT2D eigenvalue weighted by atomic mass is 9.94. The van der Waals surface area contributed by atoms with Gasteiger partial charge in [-0.2, -0.15) is 26.3 Å². The molecule has 1 saturated heterocycles. The van der Waals surface area contributed by atoms with Crippen molar-refractivity contribution in [3.05, 3.63) is 59.8 Å². The molecule has 0 unspecified atom stereocenters. The predicted molar refractivity (Wildman–Crippen MR) is 113 cm³/mol. The molecular weight excluding hydrogens is 480 g/mol. The SMILES string of the molecule is CC#C[C@H]1CN(C(=O)OCc2ccccc2)CCN1c1ccc(C(O)(C(F)(F)F)C(F)(F)F)cn1. The normalized spacial score (nSPS) is 17.0. The third-order valence-corrected chi connectivity index (χ3v) is 5.44. The monoisotopic (exact) mass is 501 g/mol. The molecule has 0 aliphatic carbocycles. The Morgan fingerprint density at radius 2 is 1.74 bits per heavy atom. The molecule has 1 N–H and O–H groups in total. The van der Waals surface area contributed by atoms with Gasteiger partial charge in [0.05, 0.1) is 6.54 Å². The van der Waals surface area contributed by atoms with Crippen LogP contribution in [0.25, 0.3) is 0 Å². The second kappa shape index (κ2) is 10.0. The molecule has 6 nitrogen and oxygen atoms in total. The quantitative estimate of drug-likeness (QED) is 0.502. The highest BCUT2D eigenvalue weighted by atomic mass is 19.4. The number of carbonyl (C=O) groups is 1. The maximum absolute atomic E-state index is 13.1. The minimum atomic E-state index is -6.00. The van der Waals surface area contributed by atoms with Gasteiger partial charge in [-0.25, -0.2) is 9.78 Å². The maximum atomic E-state index is 13.1. The number of aromatic nitrogens is 1. The highest BCUT2D eigenvalue weighted by Crippen LogP contribution is 2.49. The molecule has 0 spiro atoms. The van der Waals surface area contributed by atoms with Crippen LogP contribution in [0.1, 0.15) is 18.1 Å². The van der Waals surface area contributed by atoms with Crippen molar-refractivity contribution in [1.82, 2.24) is 9.88 Å². The van der Waals surface area contributed by atoms with Crippen LogP contribution in [0.5, 0.6) is 0 Å². The van der Waals surface area contributed by atoms with E-state index in [4.69, 9.17) is 4.74 Å². The molecule has 2 aromatic rings. The largest absolute Gasteiger partial charge is 0.445 e. The molecule has 1 amide bonds. The number of pyridine rings is 1. The molecule has 1 fully saturated rings. The van der Waals surface area contributed by atoms with Crippen LogP contribution in [0.2, 0.25) is 0 Å². The van der Waals surface area contributed by atoms with Crippen LogP contribution in [0.4, 0.5) is 37.0 Å². The smallest absolute Gasteiger partial charge is 0.430 e. The van der Waals surface area contributed by atoms with Crippen LogP contribution in [0.3, 0.4) is 0 Å². The summed E-state index contributed by atoms with van der Waals surface area (Å²) in [5.41, 5.74) is -5.72. The van der Waals surface area contributed by atoms with Crippen LogP contribution < -0.4 is 4.90 Å². The number of halogens is 6. The molecule has 35 heavy (non-hydrogen) atoms. The van der Waals surface area contributed by atoms with Crippen molar-refractivity contribution in [2.45, 2.75) is 37.5 Å². The Balaban J connectivity index is 1.75. The molecule has 3 rings (SSSR count). The molecule has 1 aromatic carbocycles. The van der Waals surface area contributed by atoms with E-state index in [9.17, 15) is 36.2 Å². The summed E-state index contributed by atoms with van der Waals surface area (Å²) in [6, 6.07) is 9.86. The number of carbonyl (C=O) groups excluding carboxylic acids is 1. The zero-order valence-electron chi connectivity index (χ0n) is 18.4. The minimum absolute atomic E-state index is 0.0468. The summed E-state index contributed by atoms with van der Waals surface area (Å²) in [6.45, 7) is 2.00. The first kappa shape index (κ1) is 26.2. The van der Waals surface area contributed by atoms with Crippen molar-refractivity contribution in [2.24, 2.45) is 0 Å². The highest BCUT2D eigenvalue weighted by Gasteiger charge is 2.71. The van der Waals surface area contributed by atoms with Gasteiger partial charge in [0.1, 0.15) is 18.5 Å². The van der Waals surface area contributed by atoms with Gasteiger partial charge in [-0.1, -0.05) is 42.3 Å². The minimum Gasteiger partial charge on any atom is -0.445 e. The third-order valence-electron chi connectivity index (χ3n) is 5.44. The number of hydrogen-bond donors (Lipinski definition) is 1. The average molecular weight is 501 g/mol. The third kappa shape index (κ3) is 5.45. The number of amides is 1. The Hall–Kier alpha value is -3.46. The second-order valence-corrected chi connectivity index (χ2v) is 7.70. The summed E-state index contributed by atoms with van der Waals surface area (Å²) in [7, 11) is 0. The van der Waals surface area contributed by atoms with Crippen LogP contribution in [0, 0.1) is 11.8 Å². The molecule has 0 saturated carbocycles. The number of rotatable bonds is 4. The molecule has 2 heterocycles. The number of anilines is 1. The number of alkyl halides is 6. The lowest BCUT2D eigenvalue weighted by molar-refractivity contribution is -0.376. The van der Waals surface area contributed by atoms with Gasteiger partial charge < -0.3 is 19.6 Å². The van der Waals surface area contributed by atoms with Crippen molar-refractivity contribution in [3.8, 4) is 11.8 Å². The van der Waals surface area contributed by atoms with E-state index in [-0.39, 0.29) is 32.1 Å². The number of hydrogen-bond acceptors (Lipinski definition) is 5. The summed E-state index contributed by atoms with van der Waals surface area (Å²) < 4.78 is 84.0. The van der Waals surface area contributed by atoms with E-state index < -0.39 is 35.7 Å². The Morgan fingerprint density at radius 3 is 2.29 bits per heavy atom. The average Bonchev–Trinajstić information content (AvgIpc) is 2.81. The van der Waals surface area contributed by atoms with E-state index in [1.807, 2.05) is 6.07 Å². The summed E-state index contributed by atoms with van der Waals surface area (Å²) in [5, 5.41) is 9.54. The first-order valence-corrected chi connectivity index (χ1v) is 10.4. The molecule has 0 bridgehead atoms. The lowest BCUT2D eigenvalue weighted by Gasteiger charge is -2.39. The number of nitrogens with zero attached hydrogens (tertiary/aromatic N) is 3. The summed E-state index contributed by atoms with van der Waals surface area (Å²) in [4.78, 5) is 19.2. The van der Waals surface area contributed by atoms with Gasteiger partial charge in [0.25, 0.3) is 5.60 Å². The van der Waals surface area contributed by atoms with Gasteiger partial charge in [-0.3, -0.25) is 0 Å². The molecular formula is C23H21F6N3O3. The summed E-state index contributed by atoms with van der Waals surface area (Å²) in [5.74, 6) is 5.60. The van der Waals surface area contributed by atoms with Gasteiger partial charge >= 0.3 is 18.4 Å². The number of aliphatic hydroxyl groups is 1. The van der Waals surface area contributed by atoms with Crippen molar-refractivity contribution < 1.29 is 41.0 Å². The van der Waals surface area contributed by atoms with Gasteiger partial charge in [-0.05, 0) is 18.6 Å².